The highest BCUT2D eigenvalue weighted by molar-refractivity contribution is 6.29. The maximum Gasteiger partial charge on any atom is 0.405 e. The minimum Gasteiger partial charge on any atom is -0.345 e. The normalized spacial score (nSPS) is 11.1. The van der Waals surface area contributed by atoms with Crippen LogP contribution in [0.1, 0.15) is 10.4 Å². The Hall–Kier alpha value is -1.83. The first-order chi connectivity index (χ1) is 9.19. The molecule has 0 aliphatic heterocycles. The van der Waals surface area contributed by atoms with Gasteiger partial charge in [0.05, 0.1) is 12.1 Å². The smallest absolute Gasteiger partial charge is 0.345 e. The first-order valence-electron chi connectivity index (χ1n) is 5.39. The van der Waals surface area contributed by atoms with Gasteiger partial charge < -0.3 is 10.2 Å². The Morgan fingerprint density at radius 3 is 2.55 bits per heavy atom. The summed E-state index contributed by atoms with van der Waals surface area (Å²) >= 11 is 5.56. The predicted octanol–water partition coefficient (Wildman–Crippen LogP) is 1.49. The van der Waals surface area contributed by atoms with Crippen molar-refractivity contribution in [1.82, 2.24) is 15.2 Å². The molecule has 0 atom stereocenters. The number of amides is 2. The van der Waals surface area contributed by atoms with Gasteiger partial charge in [0.1, 0.15) is 11.7 Å². The van der Waals surface area contributed by atoms with E-state index < -0.39 is 31.1 Å². The summed E-state index contributed by atoms with van der Waals surface area (Å²) in [5, 5.41) is 1.88. The highest BCUT2D eigenvalue weighted by Gasteiger charge is 2.28. The summed E-state index contributed by atoms with van der Waals surface area (Å²) in [5.74, 6) is -1.45. The van der Waals surface area contributed by atoms with Gasteiger partial charge in [0.25, 0.3) is 5.91 Å². The second kappa shape index (κ2) is 6.56. The third-order valence-corrected chi connectivity index (χ3v) is 2.41. The lowest BCUT2D eigenvalue weighted by Gasteiger charge is -2.17. The maximum atomic E-state index is 11.9. The number of rotatable bonds is 4. The van der Waals surface area contributed by atoms with E-state index in [9.17, 15) is 22.8 Å². The Kier molecular flexibility index (Phi) is 5.32. The van der Waals surface area contributed by atoms with Crippen LogP contribution in [-0.2, 0) is 4.79 Å². The number of halogens is 4. The van der Waals surface area contributed by atoms with E-state index in [4.69, 9.17) is 11.6 Å². The third-order valence-electron chi connectivity index (χ3n) is 2.19. The molecule has 9 heteroatoms. The van der Waals surface area contributed by atoms with Crippen molar-refractivity contribution < 1.29 is 22.8 Å². The lowest BCUT2D eigenvalue weighted by Crippen LogP contribution is -2.41. The van der Waals surface area contributed by atoms with Gasteiger partial charge in [-0.1, -0.05) is 11.6 Å². The molecule has 0 spiro atoms. The number of hydrogen-bond acceptors (Lipinski definition) is 3. The Bertz CT molecular complexity index is 491. The van der Waals surface area contributed by atoms with Gasteiger partial charge in [-0.05, 0) is 12.1 Å². The molecule has 0 radical (unpaired) electrons. The van der Waals surface area contributed by atoms with Crippen LogP contribution in [0.25, 0.3) is 0 Å². The second-order valence-corrected chi connectivity index (χ2v) is 4.31. The molecular weight excluding hydrogens is 299 g/mol. The minimum absolute atomic E-state index is 0.181. The van der Waals surface area contributed by atoms with Crippen LogP contribution in [0.15, 0.2) is 18.3 Å². The Balaban J connectivity index is 2.53. The number of pyridine rings is 1. The monoisotopic (exact) mass is 309 g/mol. The van der Waals surface area contributed by atoms with Crippen molar-refractivity contribution in [2.75, 3.05) is 20.1 Å². The van der Waals surface area contributed by atoms with Gasteiger partial charge in [0.2, 0.25) is 5.91 Å². The van der Waals surface area contributed by atoms with Gasteiger partial charge >= 0.3 is 6.18 Å². The molecule has 1 heterocycles. The van der Waals surface area contributed by atoms with E-state index >= 15 is 0 Å². The molecule has 1 aromatic rings. The van der Waals surface area contributed by atoms with Crippen LogP contribution in [-0.4, -0.2) is 48.0 Å². The van der Waals surface area contributed by atoms with Gasteiger partial charge in [-0.25, -0.2) is 4.98 Å². The number of alkyl halides is 3. The zero-order chi connectivity index (χ0) is 15.3. The number of likely N-dealkylation sites (N-methyl/N-ethyl adjacent to an activating group) is 1. The van der Waals surface area contributed by atoms with Crippen molar-refractivity contribution in [2.24, 2.45) is 0 Å². The van der Waals surface area contributed by atoms with Gasteiger partial charge in [0.15, 0.2) is 0 Å². The van der Waals surface area contributed by atoms with Crippen molar-refractivity contribution in [3.63, 3.8) is 0 Å². The summed E-state index contributed by atoms with van der Waals surface area (Å²) in [6.45, 7) is -1.92. The van der Waals surface area contributed by atoms with Crippen molar-refractivity contribution in [1.29, 1.82) is 0 Å². The number of aromatic nitrogens is 1. The number of nitrogens with one attached hydrogen (secondary N) is 1. The van der Waals surface area contributed by atoms with E-state index in [0.29, 0.717) is 0 Å². The van der Waals surface area contributed by atoms with Gasteiger partial charge in [-0.2, -0.15) is 13.2 Å². The summed E-state index contributed by atoms with van der Waals surface area (Å²) < 4.78 is 35.7. The number of carbonyl (C=O) groups is 2. The quantitative estimate of drug-likeness (QED) is 0.857. The molecule has 0 bridgehead atoms. The van der Waals surface area contributed by atoms with E-state index in [1.165, 1.54) is 25.4 Å². The molecule has 2 amide bonds. The maximum absolute atomic E-state index is 11.9. The molecule has 20 heavy (non-hydrogen) atoms. The molecule has 5 nitrogen and oxygen atoms in total. The summed E-state index contributed by atoms with van der Waals surface area (Å²) in [7, 11) is 1.30. The molecule has 0 aromatic carbocycles. The third kappa shape index (κ3) is 5.43. The molecule has 1 rings (SSSR count). The molecule has 0 saturated heterocycles. The van der Waals surface area contributed by atoms with Crippen molar-refractivity contribution in [3.05, 3.63) is 29.0 Å². The predicted molar refractivity (Wildman–Crippen MR) is 65.3 cm³/mol. The van der Waals surface area contributed by atoms with Crippen molar-refractivity contribution >= 4 is 23.4 Å². The first-order valence-corrected chi connectivity index (χ1v) is 5.77. The lowest BCUT2D eigenvalue weighted by atomic mass is 10.2. The standard InChI is InChI=1S/C11H11ClF3N3O2/c1-18(5-9(19)17-6-11(13,14)15)10(20)7-2-3-8(12)16-4-7/h2-4H,5-6H2,1H3,(H,17,19). The fraction of sp³-hybridized carbons (Fsp3) is 0.364. The van der Waals surface area contributed by atoms with Crippen molar-refractivity contribution in [2.45, 2.75) is 6.18 Å². The molecule has 1 aromatic heterocycles. The average Bonchev–Trinajstić information content (AvgIpc) is 2.35. The van der Waals surface area contributed by atoms with Crippen LogP contribution in [0.2, 0.25) is 5.15 Å². The Morgan fingerprint density at radius 1 is 1.40 bits per heavy atom. The molecule has 1 N–H and O–H groups in total. The number of carbonyl (C=O) groups excluding carboxylic acids is 2. The Labute approximate surface area is 117 Å². The summed E-state index contributed by atoms with van der Waals surface area (Å²) in [4.78, 5) is 27.8. The fourth-order valence-electron chi connectivity index (χ4n) is 1.26. The van der Waals surface area contributed by atoms with Gasteiger partial charge in [0, 0.05) is 13.2 Å². The van der Waals surface area contributed by atoms with Crippen LogP contribution in [0.5, 0.6) is 0 Å². The zero-order valence-corrected chi connectivity index (χ0v) is 11.1. The fourth-order valence-corrected chi connectivity index (χ4v) is 1.38. The largest absolute Gasteiger partial charge is 0.405 e. The average molecular weight is 310 g/mol. The van der Waals surface area contributed by atoms with E-state index in [2.05, 4.69) is 4.98 Å². The molecule has 0 saturated carbocycles. The molecule has 0 unspecified atom stereocenters. The van der Waals surface area contributed by atoms with Crippen molar-refractivity contribution in [3.8, 4) is 0 Å². The van der Waals surface area contributed by atoms with Crippen LogP contribution < -0.4 is 5.32 Å². The lowest BCUT2D eigenvalue weighted by molar-refractivity contribution is -0.138. The van der Waals surface area contributed by atoms with Gasteiger partial charge in [-0.3, -0.25) is 9.59 Å². The molecule has 0 aliphatic carbocycles. The highest BCUT2D eigenvalue weighted by atomic mass is 35.5. The highest BCUT2D eigenvalue weighted by Crippen LogP contribution is 2.12. The van der Waals surface area contributed by atoms with Gasteiger partial charge in [-0.15, -0.1) is 0 Å². The first kappa shape index (κ1) is 16.2. The van der Waals surface area contributed by atoms with Crippen LogP contribution in [0.4, 0.5) is 13.2 Å². The number of nitrogens with zero attached hydrogens (tertiary/aromatic N) is 2. The molecule has 0 aliphatic rings. The van der Waals surface area contributed by atoms with E-state index in [-0.39, 0.29) is 10.7 Å². The van der Waals surface area contributed by atoms with Crippen LogP contribution in [0.3, 0.4) is 0 Å². The van der Waals surface area contributed by atoms with E-state index in [1.807, 2.05) is 0 Å². The minimum atomic E-state index is -4.49. The summed E-state index contributed by atoms with van der Waals surface area (Å²) in [6, 6.07) is 2.80. The van der Waals surface area contributed by atoms with Crippen LogP contribution in [0, 0.1) is 0 Å². The molecule has 0 fully saturated rings. The van der Waals surface area contributed by atoms with E-state index in [0.717, 1.165) is 4.90 Å². The van der Waals surface area contributed by atoms with E-state index in [1.54, 1.807) is 5.32 Å². The molecule has 110 valence electrons. The summed E-state index contributed by atoms with van der Waals surface area (Å²) in [5.41, 5.74) is 0.181. The molecular formula is C11H11ClF3N3O2. The topological polar surface area (TPSA) is 62.3 Å². The van der Waals surface area contributed by atoms with Crippen LogP contribution >= 0.6 is 11.6 Å². The SMILES string of the molecule is CN(CC(=O)NCC(F)(F)F)C(=O)c1ccc(Cl)nc1. The second-order valence-electron chi connectivity index (χ2n) is 3.92. The zero-order valence-electron chi connectivity index (χ0n) is 10.4. The Morgan fingerprint density at radius 2 is 2.05 bits per heavy atom. The number of hydrogen-bond donors (Lipinski definition) is 1. The summed E-state index contributed by atoms with van der Waals surface area (Å²) in [6.07, 6.45) is -3.27.